The van der Waals surface area contributed by atoms with E-state index in [-0.39, 0.29) is 11.9 Å². The first kappa shape index (κ1) is 15.9. The Morgan fingerprint density at radius 2 is 2.00 bits per heavy atom. The minimum Gasteiger partial charge on any atom is -0.493 e. The Morgan fingerprint density at radius 3 is 2.62 bits per heavy atom. The van der Waals surface area contributed by atoms with E-state index in [2.05, 4.69) is 5.32 Å². The Bertz CT molecular complexity index is 521. The van der Waals surface area contributed by atoms with Crippen molar-refractivity contribution in [2.45, 2.75) is 37.8 Å². The van der Waals surface area contributed by atoms with Crippen LogP contribution in [0.5, 0.6) is 11.5 Å². The molecule has 0 heterocycles. The molecule has 5 nitrogen and oxygen atoms in total. The van der Waals surface area contributed by atoms with Crippen molar-refractivity contribution >= 4 is 17.5 Å². The average Bonchev–Trinajstić information content (AvgIpc) is 2.48. The summed E-state index contributed by atoms with van der Waals surface area (Å²) in [6, 6.07) is 2.90. The molecule has 0 bridgehead atoms. The van der Waals surface area contributed by atoms with Crippen LogP contribution in [0.15, 0.2) is 12.1 Å². The van der Waals surface area contributed by atoms with Gasteiger partial charge >= 0.3 is 0 Å². The lowest BCUT2D eigenvalue weighted by molar-refractivity contribution is 0.0717. The molecule has 1 aliphatic rings. The number of ether oxygens (including phenoxy) is 2. The molecule has 0 aliphatic heterocycles. The molecule has 1 aliphatic carbocycles. The molecule has 0 saturated heterocycles. The Kier molecular flexibility index (Phi) is 5.31. The number of halogens is 1. The molecule has 2 atom stereocenters. The molecule has 2 N–H and O–H groups in total. The average molecular weight is 314 g/mol. The molecule has 0 spiro atoms. The van der Waals surface area contributed by atoms with Crippen LogP contribution in [-0.4, -0.2) is 37.4 Å². The molecule has 0 aromatic heterocycles. The fraction of sp³-hybridized carbons (Fsp3) is 0.533. The first-order chi connectivity index (χ1) is 10.1. The van der Waals surface area contributed by atoms with Crippen LogP contribution >= 0.6 is 11.6 Å². The van der Waals surface area contributed by atoms with E-state index in [1.807, 2.05) is 0 Å². The maximum absolute atomic E-state index is 12.3. The van der Waals surface area contributed by atoms with Crippen molar-refractivity contribution in [2.75, 3.05) is 14.2 Å². The van der Waals surface area contributed by atoms with Gasteiger partial charge in [0.2, 0.25) is 0 Å². The Labute approximate surface area is 129 Å². The van der Waals surface area contributed by atoms with Gasteiger partial charge in [-0.15, -0.1) is 0 Å². The molecule has 1 saturated carbocycles. The van der Waals surface area contributed by atoms with E-state index in [1.165, 1.54) is 20.3 Å². The van der Waals surface area contributed by atoms with E-state index in [0.29, 0.717) is 22.1 Å². The fourth-order valence-electron chi connectivity index (χ4n) is 2.58. The summed E-state index contributed by atoms with van der Waals surface area (Å²) in [5.74, 6) is 0.525. The summed E-state index contributed by atoms with van der Waals surface area (Å²) < 4.78 is 10.3. The molecule has 6 heteroatoms. The maximum atomic E-state index is 12.3. The van der Waals surface area contributed by atoms with Crippen molar-refractivity contribution in [2.24, 2.45) is 0 Å². The molecule has 1 amide bonds. The summed E-state index contributed by atoms with van der Waals surface area (Å²) in [7, 11) is 2.97. The Hall–Kier alpha value is -1.46. The maximum Gasteiger partial charge on any atom is 0.251 e. The minimum absolute atomic E-state index is 0.210. The molecule has 1 aromatic rings. The number of rotatable bonds is 4. The number of hydrogen-bond acceptors (Lipinski definition) is 4. The van der Waals surface area contributed by atoms with E-state index < -0.39 is 6.10 Å². The number of methoxy groups -OCH3 is 2. The van der Waals surface area contributed by atoms with E-state index in [9.17, 15) is 9.90 Å². The van der Waals surface area contributed by atoms with Crippen molar-refractivity contribution < 1.29 is 19.4 Å². The predicted molar refractivity (Wildman–Crippen MR) is 80.3 cm³/mol. The van der Waals surface area contributed by atoms with E-state index in [1.54, 1.807) is 6.07 Å². The zero-order valence-corrected chi connectivity index (χ0v) is 12.9. The summed E-state index contributed by atoms with van der Waals surface area (Å²) in [5, 5.41) is 13.1. The zero-order valence-electron chi connectivity index (χ0n) is 12.2. The fourth-order valence-corrected chi connectivity index (χ4v) is 2.87. The summed E-state index contributed by atoms with van der Waals surface area (Å²) in [4.78, 5) is 12.3. The lowest BCUT2D eigenvalue weighted by Crippen LogP contribution is -2.45. The third-order valence-electron chi connectivity index (χ3n) is 3.74. The number of aliphatic hydroxyl groups is 1. The van der Waals surface area contributed by atoms with Crippen LogP contribution in [0.2, 0.25) is 5.02 Å². The molecular formula is C15H20ClNO4. The first-order valence-electron chi connectivity index (χ1n) is 6.97. The number of hydrogen-bond donors (Lipinski definition) is 2. The molecule has 1 aromatic carbocycles. The summed E-state index contributed by atoms with van der Waals surface area (Å²) >= 11 is 6.09. The summed E-state index contributed by atoms with van der Waals surface area (Å²) in [6.07, 6.45) is 3.02. The number of carbonyl (C=O) groups excluding carboxylic acids is 1. The second-order valence-electron chi connectivity index (χ2n) is 5.13. The van der Waals surface area contributed by atoms with Crippen molar-refractivity contribution in [3.05, 3.63) is 22.7 Å². The van der Waals surface area contributed by atoms with Gasteiger partial charge in [0, 0.05) is 5.56 Å². The van der Waals surface area contributed by atoms with Gasteiger partial charge in [0.15, 0.2) is 11.5 Å². The highest BCUT2D eigenvalue weighted by Crippen LogP contribution is 2.36. The normalized spacial score (nSPS) is 21.7. The van der Waals surface area contributed by atoms with Crippen molar-refractivity contribution in [3.8, 4) is 11.5 Å². The number of aliphatic hydroxyl groups excluding tert-OH is 1. The minimum atomic E-state index is -0.488. The molecule has 2 unspecified atom stereocenters. The van der Waals surface area contributed by atoms with E-state index in [0.717, 1.165) is 25.7 Å². The number of nitrogens with one attached hydrogen (secondary N) is 1. The Morgan fingerprint density at radius 1 is 1.29 bits per heavy atom. The largest absolute Gasteiger partial charge is 0.493 e. The SMILES string of the molecule is COc1cc(C(=O)NC2CCCCC2O)cc(Cl)c1OC. The molecule has 0 radical (unpaired) electrons. The van der Waals surface area contributed by atoms with Gasteiger partial charge in [-0.25, -0.2) is 0 Å². The van der Waals surface area contributed by atoms with E-state index in [4.69, 9.17) is 21.1 Å². The van der Waals surface area contributed by atoms with Crippen LogP contribution in [0, 0.1) is 0 Å². The highest BCUT2D eigenvalue weighted by Gasteiger charge is 2.25. The second-order valence-corrected chi connectivity index (χ2v) is 5.53. The standard InChI is InChI=1S/C15H20ClNO4/c1-20-13-8-9(7-10(16)14(13)21-2)15(19)17-11-5-3-4-6-12(11)18/h7-8,11-12,18H,3-6H2,1-2H3,(H,17,19). The van der Waals surface area contributed by atoms with Gasteiger partial charge in [0.1, 0.15) is 0 Å². The van der Waals surface area contributed by atoms with Crippen LogP contribution in [-0.2, 0) is 0 Å². The van der Waals surface area contributed by atoms with Crippen molar-refractivity contribution in [1.29, 1.82) is 0 Å². The van der Waals surface area contributed by atoms with Crippen LogP contribution in [0.25, 0.3) is 0 Å². The van der Waals surface area contributed by atoms with Gasteiger partial charge in [0.05, 0.1) is 31.4 Å². The zero-order chi connectivity index (χ0) is 15.4. The molecule has 1 fully saturated rings. The number of benzene rings is 1. The molecule has 116 valence electrons. The third-order valence-corrected chi connectivity index (χ3v) is 4.02. The van der Waals surface area contributed by atoms with Gasteiger partial charge in [-0.2, -0.15) is 0 Å². The van der Waals surface area contributed by atoms with E-state index >= 15 is 0 Å². The smallest absolute Gasteiger partial charge is 0.251 e. The van der Waals surface area contributed by atoms with Crippen LogP contribution in [0.1, 0.15) is 36.0 Å². The monoisotopic (exact) mass is 313 g/mol. The van der Waals surface area contributed by atoms with Crippen molar-refractivity contribution in [3.63, 3.8) is 0 Å². The highest BCUT2D eigenvalue weighted by molar-refractivity contribution is 6.32. The quantitative estimate of drug-likeness (QED) is 0.895. The molecule has 2 rings (SSSR count). The molecular weight excluding hydrogens is 294 g/mol. The van der Waals surface area contributed by atoms with Gasteiger partial charge in [0.25, 0.3) is 5.91 Å². The van der Waals surface area contributed by atoms with Gasteiger partial charge < -0.3 is 19.9 Å². The highest BCUT2D eigenvalue weighted by atomic mass is 35.5. The van der Waals surface area contributed by atoms with Crippen molar-refractivity contribution in [1.82, 2.24) is 5.32 Å². The summed E-state index contributed by atoms with van der Waals surface area (Å²) in [6.45, 7) is 0. The van der Waals surface area contributed by atoms with Crippen LogP contribution in [0.4, 0.5) is 0 Å². The lowest BCUT2D eigenvalue weighted by atomic mass is 9.92. The Balaban J connectivity index is 2.17. The number of amides is 1. The summed E-state index contributed by atoms with van der Waals surface area (Å²) in [5.41, 5.74) is 0.385. The van der Waals surface area contributed by atoms with Gasteiger partial charge in [-0.1, -0.05) is 24.4 Å². The molecule has 21 heavy (non-hydrogen) atoms. The predicted octanol–water partition coefficient (Wildman–Crippen LogP) is 2.39. The first-order valence-corrected chi connectivity index (χ1v) is 7.35. The van der Waals surface area contributed by atoms with Crippen LogP contribution in [0.3, 0.4) is 0 Å². The third kappa shape index (κ3) is 3.60. The van der Waals surface area contributed by atoms with Gasteiger partial charge in [-0.3, -0.25) is 4.79 Å². The van der Waals surface area contributed by atoms with Gasteiger partial charge in [-0.05, 0) is 25.0 Å². The topological polar surface area (TPSA) is 67.8 Å². The number of carbonyl (C=O) groups is 1. The van der Waals surface area contributed by atoms with Crippen LogP contribution < -0.4 is 14.8 Å². The lowest BCUT2D eigenvalue weighted by Gasteiger charge is -2.28. The second kappa shape index (κ2) is 7.00.